The molecule has 0 atom stereocenters. The summed E-state index contributed by atoms with van der Waals surface area (Å²) in [6.07, 6.45) is -1.07. The summed E-state index contributed by atoms with van der Waals surface area (Å²) in [5.74, 6) is -1.12. The van der Waals surface area contributed by atoms with Crippen LogP contribution in [-0.2, 0) is 25.3 Å². The number of carbonyl (C=O) groups is 2. The highest BCUT2D eigenvalue weighted by Crippen LogP contribution is 2.36. The van der Waals surface area contributed by atoms with Gasteiger partial charge in [0.25, 0.3) is 0 Å². The number of hydrogen-bond acceptors (Lipinski definition) is 5. The number of hydrogen-bond donors (Lipinski definition) is 2. The molecule has 28 heavy (non-hydrogen) atoms. The Hall–Kier alpha value is -2.13. The summed E-state index contributed by atoms with van der Waals surface area (Å²) in [5.41, 5.74) is 3.37. The summed E-state index contributed by atoms with van der Waals surface area (Å²) < 4.78 is 31.1. The minimum Gasteiger partial charge on any atom is -0.443 e. The molecule has 0 spiro atoms. The van der Waals surface area contributed by atoms with Crippen molar-refractivity contribution in [2.45, 2.75) is 71.7 Å². The lowest BCUT2D eigenvalue weighted by molar-refractivity contribution is -0.121. The third-order valence-corrected chi connectivity index (χ3v) is 4.65. The highest BCUT2D eigenvalue weighted by Gasteiger charge is 2.51. The molecule has 1 heterocycles. The number of benzene rings is 1. The zero-order valence-electron chi connectivity index (χ0n) is 17.4. The molecule has 9 heteroatoms. The Labute approximate surface area is 165 Å². The zero-order chi connectivity index (χ0) is 21.3. The Morgan fingerprint density at radius 3 is 2.21 bits per heavy atom. The van der Waals surface area contributed by atoms with Crippen LogP contribution in [0.3, 0.4) is 0 Å². The van der Waals surface area contributed by atoms with Crippen LogP contribution in [0.4, 0.5) is 9.18 Å². The highest BCUT2D eigenvalue weighted by molar-refractivity contribution is 6.62. The molecule has 0 bridgehead atoms. The third kappa shape index (κ3) is 5.45. The fraction of sp³-hybridized carbons (Fsp3) is 0.579. The second-order valence-electron chi connectivity index (χ2n) is 8.79. The Morgan fingerprint density at radius 2 is 1.68 bits per heavy atom. The molecule has 1 saturated heterocycles. The molecule has 1 aromatic rings. The predicted octanol–water partition coefficient (Wildman–Crippen LogP) is 2.22. The molecule has 1 fully saturated rings. The zero-order valence-corrected chi connectivity index (χ0v) is 17.4. The molecule has 0 saturated carbocycles. The van der Waals surface area contributed by atoms with E-state index in [1.54, 1.807) is 26.8 Å². The van der Waals surface area contributed by atoms with Crippen molar-refractivity contribution >= 4 is 24.6 Å². The third-order valence-electron chi connectivity index (χ3n) is 4.65. The van der Waals surface area contributed by atoms with E-state index in [9.17, 15) is 14.0 Å². The normalized spacial score (nSPS) is 17.9. The summed E-state index contributed by atoms with van der Waals surface area (Å²) in [5, 5.41) is 0. The fourth-order valence-electron chi connectivity index (χ4n) is 2.50. The van der Waals surface area contributed by atoms with E-state index in [1.807, 2.05) is 27.7 Å². The van der Waals surface area contributed by atoms with E-state index in [0.717, 1.165) is 0 Å². The van der Waals surface area contributed by atoms with Gasteiger partial charge in [-0.1, -0.05) is 12.1 Å². The molecular formula is C19H28BFN2O5. The van der Waals surface area contributed by atoms with E-state index < -0.39 is 41.7 Å². The molecule has 2 amide bonds. The van der Waals surface area contributed by atoms with Crippen LogP contribution in [0, 0.1) is 5.82 Å². The van der Waals surface area contributed by atoms with E-state index in [0.29, 0.717) is 5.46 Å². The van der Waals surface area contributed by atoms with Gasteiger partial charge in [-0.15, -0.1) is 0 Å². The van der Waals surface area contributed by atoms with Crippen LogP contribution in [0.15, 0.2) is 18.2 Å². The van der Waals surface area contributed by atoms with Crippen LogP contribution in [0.2, 0.25) is 0 Å². The molecular weight excluding hydrogens is 366 g/mol. The maximum Gasteiger partial charge on any atom is 0.494 e. The van der Waals surface area contributed by atoms with Gasteiger partial charge in [0.2, 0.25) is 5.91 Å². The molecule has 2 rings (SSSR count). The average Bonchev–Trinajstić information content (AvgIpc) is 2.74. The number of hydrazine groups is 1. The van der Waals surface area contributed by atoms with Crippen LogP contribution in [0.5, 0.6) is 0 Å². The largest absolute Gasteiger partial charge is 0.494 e. The minimum atomic E-state index is -0.799. The van der Waals surface area contributed by atoms with Crippen molar-refractivity contribution in [1.29, 1.82) is 0 Å². The van der Waals surface area contributed by atoms with Crippen molar-refractivity contribution in [3.63, 3.8) is 0 Å². The van der Waals surface area contributed by atoms with Crippen molar-refractivity contribution in [3.05, 3.63) is 29.6 Å². The van der Waals surface area contributed by atoms with Gasteiger partial charge < -0.3 is 14.0 Å². The molecule has 7 nitrogen and oxygen atoms in total. The lowest BCUT2D eigenvalue weighted by atomic mass is 9.78. The Balaban J connectivity index is 2.02. The van der Waals surface area contributed by atoms with Crippen molar-refractivity contribution in [2.75, 3.05) is 0 Å². The van der Waals surface area contributed by atoms with E-state index in [1.165, 1.54) is 12.1 Å². The van der Waals surface area contributed by atoms with Crippen molar-refractivity contribution in [1.82, 2.24) is 10.9 Å². The molecule has 154 valence electrons. The molecule has 1 aliphatic rings. The Bertz CT molecular complexity index is 745. The SMILES string of the molecule is CC(C)(C)OC(=O)NNC(=O)Cc1cc(B2OC(C)(C)C(C)(C)O2)ccc1F. The lowest BCUT2D eigenvalue weighted by Gasteiger charge is -2.32. The second-order valence-corrected chi connectivity index (χ2v) is 8.79. The topological polar surface area (TPSA) is 85.9 Å². The van der Waals surface area contributed by atoms with Gasteiger partial charge in [0.05, 0.1) is 17.6 Å². The van der Waals surface area contributed by atoms with E-state index in [-0.39, 0.29) is 12.0 Å². The molecule has 2 N–H and O–H groups in total. The first-order valence-electron chi connectivity index (χ1n) is 9.12. The highest BCUT2D eigenvalue weighted by atomic mass is 19.1. The van der Waals surface area contributed by atoms with Crippen molar-refractivity contribution < 1.29 is 28.0 Å². The number of rotatable bonds is 3. The molecule has 0 unspecified atom stereocenters. The van der Waals surface area contributed by atoms with E-state index in [2.05, 4.69) is 10.9 Å². The van der Waals surface area contributed by atoms with Crippen molar-refractivity contribution in [3.8, 4) is 0 Å². The first kappa shape index (κ1) is 22.2. The molecule has 0 radical (unpaired) electrons. The number of nitrogens with one attached hydrogen (secondary N) is 2. The van der Waals surface area contributed by atoms with Crippen LogP contribution < -0.4 is 16.3 Å². The lowest BCUT2D eigenvalue weighted by Crippen LogP contribution is -2.45. The van der Waals surface area contributed by atoms with Gasteiger partial charge in [0.15, 0.2) is 0 Å². The summed E-state index contributed by atoms with van der Waals surface area (Å²) in [7, 11) is -0.660. The molecule has 0 aromatic heterocycles. The standard InChI is InChI=1S/C19H28BFN2O5/c1-17(2,3)26-16(25)23-22-15(24)11-12-10-13(8-9-14(12)21)20-27-18(4,5)19(6,7)28-20/h8-10H,11H2,1-7H3,(H,22,24)(H,23,25). The Kier molecular flexibility index (Phi) is 6.11. The van der Waals surface area contributed by atoms with Gasteiger partial charge in [-0.25, -0.2) is 14.6 Å². The summed E-state index contributed by atoms with van der Waals surface area (Å²) in [6.45, 7) is 12.8. The number of amides is 2. The predicted molar refractivity (Wildman–Crippen MR) is 103 cm³/mol. The second kappa shape index (κ2) is 7.71. The van der Waals surface area contributed by atoms with Crippen LogP contribution in [-0.4, -0.2) is 35.9 Å². The summed E-state index contributed by atoms with van der Waals surface area (Å²) in [6, 6.07) is 4.37. The van der Waals surface area contributed by atoms with Gasteiger partial charge in [-0.2, -0.15) is 0 Å². The Morgan fingerprint density at radius 1 is 1.11 bits per heavy atom. The van der Waals surface area contributed by atoms with Crippen LogP contribution in [0.25, 0.3) is 0 Å². The summed E-state index contributed by atoms with van der Waals surface area (Å²) in [4.78, 5) is 23.6. The number of carbonyl (C=O) groups excluding carboxylic acids is 2. The van der Waals surface area contributed by atoms with Crippen molar-refractivity contribution in [2.24, 2.45) is 0 Å². The van der Waals surface area contributed by atoms with Crippen LogP contribution in [0.1, 0.15) is 54.0 Å². The molecule has 1 aromatic carbocycles. The fourth-order valence-corrected chi connectivity index (χ4v) is 2.50. The van der Waals surface area contributed by atoms with E-state index >= 15 is 0 Å². The minimum absolute atomic E-state index is 0.163. The molecule has 1 aliphatic heterocycles. The van der Waals surface area contributed by atoms with Gasteiger partial charge in [0.1, 0.15) is 11.4 Å². The average molecular weight is 394 g/mol. The smallest absolute Gasteiger partial charge is 0.443 e. The van der Waals surface area contributed by atoms with E-state index in [4.69, 9.17) is 14.0 Å². The van der Waals surface area contributed by atoms with Gasteiger partial charge >= 0.3 is 13.2 Å². The first-order chi connectivity index (χ1) is 12.7. The number of halogens is 1. The summed E-state index contributed by atoms with van der Waals surface area (Å²) >= 11 is 0. The van der Waals surface area contributed by atoms with Gasteiger partial charge in [0, 0.05) is 0 Å². The molecule has 0 aliphatic carbocycles. The number of ether oxygens (including phenoxy) is 1. The van der Waals surface area contributed by atoms with Gasteiger partial charge in [-0.05, 0) is 65.6 Å². The first-order valence-corrected chi connectivity index (χ1v) is 9.12. The van der Waals surface area contributed by atoms with Gasteiger partial charge in [-0.3, -0.25) is 10.2 Å². The van der Waals surface area contributed by atoms with Crippen LogP contribution >= 0.6 is 0 Å². The quantitative estimate of drug-likeness (QED) is 0.607. The maximum atomic E-state index is 14.2. The maximum absolute atomic E-state index is 14.2. The monoisotopic (exact) mass is 394 g/mol.